The zero-order valence-corrected chi connectivity index (χ0v) is 7.37. The van der Waals surface area contributed by atoms with Gasteiger partial charge in [-0.2, -0.15) is 0 Å². The van der Waals surface area contributed by atoms with E-state index in [-0.39, 0.29) is 5.56 Å². The van der Waals surface area contributed by atoms with Crippen molar-refractivity contribution in [3.63, 3.8) is 0 Å². The Morgan fingerprint density at radius 3 is 2.75 bits per heavy atom. The lowest BCUT2D eigenvalue weighted by Gasteiger charge is -2.06. The molecule has 4 heteroatoms. The number of nitrogens with two attached hydrogens (primary N) is 1. The summed E-state index contributed by atoms with van der Waals surface area (Å²) in [5, 5.41) is 0. The minimum absolute atomic E-state index is 0.0227. The standard InChI is InChI=1S/C8H13N3O/c1-6-5-8(12)11(4-3-9)7(2)10-6/h5H,3-4,9H2,1-2H3. The Morgan fingerprint density at radius 1 is 1.58 bits per heavy atom. The predicted octanol–water partition coefficient (Wildman–Crippen LogP) is -0.181. The molecule has 0 bridgehead atoms. The lowest BCUT2D eigenvalue weighted by Crippen LogP contribution is -2.26. The molecule has 0 spiro atoms. The highest BCUT2D eigenvalue weighted by Crippen LogP contribution is 1.91. The molecule has 0 atom stereocenters. The van der Waals surface area contributed by atoms with Crippen molar-refractivity contribution >= 4 is 0 Å². The summed E-state index contributed by atoms with van der Waals surface area (Å²) in [5.74, 6) is 0.727. The van der Waals surface area contributed by atoms with Gasteiger partial charge in [0.15, 0.2) is 0 Å². The van der Waals surface area contributed by atoms with Crippen LogP contribution in [-0.2, 0) is 6.54 Å². The van der Waals surface area contributed by atoms with E-state index in [9.17, 15) is 4.79 Å². The van der Waals surface area contributed by atoms with Crippen LogP contribution in [0, 0.1) is 13.8 Å². The van der Waals surface area contributed by atoms with Crippen molar-refractivity contribution in [2.45, 2.75) is 20.4 Å². The van der Waals surface area contributed by atoms with Gasteiger partial charge in [-0.05, 0) is 13.8 Å². The smallest absolute Gasteiger partial charge is 0.253 e. The van der Waals surface area contributed by atoms with Crippen molar-refractivity contribution in [2.75, 3.05) is 6.54 Å². The van der Waals surface area contributed by atoms with Crippen molar-refractivity contribution in [2.24, 2.45) is 5.73 Å². The Morgan fingerprint density at radius 2 is 2.25 bits per heavy atom. The maximum Gasteiger partial charge on any atom is 0.253 e. The summed E-state index contributed by atoms with van der Waals surface area (Å²) in [7, 11) is 0. The van der Waals surface area contributed by atoms with E-state index in [1.54, 1.807) is 11.5 Å². The predicted molar refractivity (Wildman–Crippen MR) is 47.0 cm³/mol. The average molecular weight is 167 g/mol. The second-order valence-electron chi connectivity index (χ2n) is 2.72. The Balaban J connectivity index is 3.19. The normalized spacial score (nSPS) is 10.2. The van der Waals surface area contributed by atoms with Crippen LogP contribution in [-0.4, -0.2) is 16.1 Å². The molecule has 1 rings (SSSR count). The van der Waals surface area contributed by atoms with E-state index in [0.717, 1.165) is 11.5 Å². The van der Waals surface area contributed by atoms with Crippen molar-refractivity contribution in [3.8, 4) is 0 Å². The quantitative estimate of drug-likeness (QED) is 0.664. The van der Waals surface area contributed by atoms with E-state index in [1.807, 2.05) is 6.92 Å². The SMILES string of the molecule is Cc1cc(=O)n(CCN)c(C)n1. The number of aryl methyl sites for hydroxylation is 2. The zero-order chi connectivity index (χ0) is 9.14. The highest BCUT2D eigenvalue weighted by atomic mass is 16.1. The van der Waals surface area contributed by atoms with Crippen LogP contribution in [0.25, 0.3) is 0 Å². The number of nitrogens with zero attached hydrogens (tertiary/aromatic N) is 2. The summed E-state index contributed by atoms with van der Waals surface area (Å²) in [6.45, 7) is 4.62. The molecule has 0 amide bonds. The van der Waals surface area contributed by atoms with Crippen LogP contribution in [0.15, 0.2) is 10.9 Å². The summed E-state index contributed by atoms with van der Waals surface area (Å²) in [6.07, 6.45) is 0. The van der Waals surface area contributed by atoms with Gasteiger partial charge in [0.1, 0.15) is 5.82 Å². The average Bonchev–Trinajstić information content (AvgIpc) is 1.96. The fraction of sp³-hybridized carbons (Fsp3) is 0.500. The van der Waals surface area contributed by atoms with E-state index in [1.165, 1.54) is 6.07 Å². The van der Waals surface area contributed by atoms with Gasteiger partial charge < -0.3 is 5.73 Å². The molecule has 0 saturated heterocycles. The van der Waals surface area contributed by atoms with Crippen LogP contribution in [0.5, 0.6) is 0 Å². The van der Waals surface area contributed by atoms with Crippen LogP contribution in [0.4, 0.5) is 0 Å². The summed E-state index contributed by atoms with van der Waals surface area (Å²) in [5.41, 5.74) is 6.08. The maximum atomic E-state index is 11.3. The first-order valence-electron chi connectivity index (χ1n) is 3.90. The Hall–Kier alpha value is -1.16. The Bertz CT molecular complexity index is 330. The Kier molecular flexibility index (Phi) is 2.60. The summed E-state index contributed by atoms with van der Waals surface area (Å²) in [4.78, 5) is 15.5. The van der Waals surface area contributed by atoms with Gasteiger partial charge in [0.2, 0.25) is 0 Å². The first kappa shape index (κ1) is 8.93. The molecule has 66 valence electrons. The lowest BCUT2D eigenvalue weighted by molar-refractivity contribution is 0.636. The molecule has 1 aromatic heterocycles. The molecule has 12 heavy (non-hydrogen) atoms. The van der Waals surface area contributed by atoms with Gasteiger partial charge in [-0.15, -0.1) is 0 Å². The monoisotopic (exact) mass is 167 g/mol. The van der Waals surface area contributed by atoms with Crippen molar-refractivity contribution < 1.29 is 0 Å². The summed E-state index contributed by atoms with van der Waals surface area (Å²) in [6, 6.07) is 1.52. The first-order chi connectivity index (χ1) is 5.65. The molecule has 0 aliphatic rings. The summed E-state index contributed by atoms with van der Waals surface area (Å²) >= 11 is 0. The minimum Gasteiger partial charge on any atom is -0.329 e. The largest absolute Gasteiger partial charge is 0.329 e. The fourth-order valence-electron chi connectivity index (χ4n) is 1.17. The molecule has 1 heterocycles. The summed E-state index contributed by atoms with van der Waals surface area (Å²) < 4.78 is 1.58. The number of hydrogen-bond acceptors (Lipinski definition) is 3. The van der Waals surface area contributed by atoms with Crippen LogP contribution in [0.3, 0.4) is 0 Å². The number of hydrogen-bond donors (Lipinski definition) is 1. The molecular formula is C8H13N3O. The van der Waals surface area contributed by atoms with E-state index in [2.05, 4.69) is 4.98 Å². The third-order valence-corrected chi connectivity index (χ3v) is 1.68. The van der Waals surface area contributed by atoms with Crippen LogP contribution in [0.2, 0.25) is 0 Å². The van der Waals surface area contributed by atoms with E-state index in [4.69, 9.17) is 5.73 Å². The van der Waals surface area contributed by atoms with Crippen LogP contribution >= 0.6 is 0 Å². The molecule has 1 aromatic rings. The molecule has 2 N–H and O–H groups in total. The zero-order valence-electron chi connectivity index (χ0n) is 7.37. The topological polar surface area (TPSA) is 60.9 Å². The molecule has 0 aliphatic heterocycles. The first-order valence-corrected chi connectivity index (χ1v) is 3.90. The number of aromatic nitrogens is 2. The van der Waals surface area contributed by atoms with Crippen LogP contribution < -0.4 is 11.3 Å². The maximum absolute atomic E-state index is 11.3. The Labute approximate surface area is 71.0 Å². The molecule has 4 nitrogen and oxygen atoms in total. The van der Waals surface area contributed by atoms with Gasteiger partial charge in [-0.1, -0.05) is 0 Å². The molecule has 0 aliphatic carbocycles. The molecule has 0 fully saturated rings. The number of rotatable bonds is 2. The van der Waals surface area contributed by atoms with Crippen molar-refractivity contribution in [3.05, 3.63) is 27.9 Å². The minimum atomic E-state index is -0.0227. The van der Waals surface area contributed by atoms with Crippen molar-refractivity contribution in [1.82, 2.24) is 9.55 Å². The molecule has 0 radical (unpaired) electrons. The van der Waals surface area contributed by atoms with Gasteiger partial charge in [0, 0.05) is 24.8 Å². The van der Waals surface area contributed by atoms with Gasteiger partial charge >= 0.3 is 0 Å². The second-order valence-corrected chi connectivity index (χ2v) is 2.72. The van der Waals surface area contributed by atoms with Gasteiger partial charge in [0.05, 0.1) is 0 Å². The third-order valence-electron chi connectivity index (χ3n) is 1.68. The molecule has 0 unspecified atom stereocenters. The van der Waals surface area contributed by atoms with Crippen molar-refractivity contribution in [1.29, 1.82) is 0 Å². The third kappa shape index (κ3) is 1.71. The van der Waals surface area contributed by atoms with Gasteiger partial charge in [-0.3, -0.25) is 9.36 Å². The molecule has 0 saturated carbocycles. The molecular weight excluding hydrogens is 154 g/mol. The van der Waals surface area contributed by atoms with E-state index >= 15 is 0 Å². The van der Waals surface area contributed by atoms with Gasteiger partial charge in [-0.25, -0.2) is 4.98 Å². The fourth-order valence-corrected chi connectivity index (χ4v) is 1.17. The van der Waals surface area contributed by atoms with Gasteiger partial charge in [0.25, 0.3) is 5.56 Å². The van der Waals surface area contributed by atoms with E-state index < -0.39 is 0 Å². The van der Waals surface area contributed by atoms with E-state index in [0.29, 0.717) is 13.1 Å². The highest BCUT2D eigenvalue weighted by Gasteiger charge is 2.00. The highest BCUT2D eigenvalue weighted by molar-refractivity contribution is 5.01. The second kappa shape index (κ2) is 3.49. The molecule has 0 aromatic carbocycles. The van der Waals surface area contributed by atoms with Crippen LogP contribution in [0.1, 0.15) is 11.5 Å². The lowest BCUT2D eigenvalue weighted by atomic mass is 10.4.